The summed E-state index contributed by atoms with van der Waals surface area (Å²) in [6.07, 6.45) is 13.3. The molecular formula is C17H37N3O. The van der Waals surface area contributed by atoms with Crippen molar-refractivity contribution in [2.75, 3.05) is 33.7 Å². The molecule has 4 nitrogen and oxygen atoms in total. The number of carbonyl (C=O) groups excluding carboxylic acids is 1. The molecule has 0 aromatic heterocycles. The van der Waals surface area contributed by atoms with Crippen LogP contribution in [0.1, 0.15) is 71.1 Å². The molecule has 0 unspecified atom stereocenters. The Kier molecular flexibility index (Phi) is 15.0. The van der Waals surface area contributed by atoms with Crippen molar-refractivity contribution in [3.63, 3.8) is 0 Å². The van der Waals surface area contributed by atoms with Crippen LogP contribution in [0.5, 0.6) is 0 Å². The van der Waals surface area contributed by atoms with Crippen molar-refractivity contribution in [1.82, 2.24) is 15.5 Å². The Morgan fingerprint density at radius 1 is 0.762 bits per heavy atom. The lowest BCUT2D eigenvalue weighted by molar-refractivity contribution is 0.239. The zero-order valence-electron chi connectivity index (χ0n) is 14.5. The molecule has 0 aliphatic rings. The molecule has 0 fully saturated rings. The fraction of sp³-hybridized carbons (Fsp3) is 0.941. The highest BCUT2D eigenvalue weighted by Crippen LogP contribution is 2.10. The number of urea groups is 1. The normalized spacial score (nSPS) is 10.9. The van der Waals surface area contributed by atoms with Gasteiger partial charge in [0.25, 0.3) is 0 Å². The standard InChI is InChI=1S/C17H37N3O/c1-4-5-6-7-8-9-10-11-12-13-14-18-17(21)19-15-16-20(2)3/h4-16H2,1-3H3,(H2,18,19,21). The maximum Gasteiger partial charge on any atom is 0.314 e. The first-order valence-corrected chi connectivity index (χ1v) is 8.83. The lowest BCUT2D eigenvalue weighted by Gasteiger charge is -2.11. The van der Waals surface area contributed by atoms with Crippen LogP contribution in [0.3, 0.4) is 0 Å². The quantitative estimate of drug-likeness (QED) is 0.480. The summed E-state index contributed by atoms with van der Waals surface area (Å²) >= 11 is 0. The van der Waals surface area contributed by atoms with Gasteiger partial charge in [0.1, 0.15) is 0 Å². The molecule has 0 saturated heterocycles. The molecule has 21 heavy (non-hydrogen) atoms. The maximum atomic E-state index is 11.4. The number of rotatable bonds is 14. The molecular weight excluding hydrogens is 262 g/mol. The largest absolute Gasteiger partial charge is 0.338 e. The molecule has 0 aliphatic heterocycles. The molecule has 0 radical (unpaired) electrons. The monoisotopic (exact) mass is 299 g/mol. The molecule has 0 rings (SSSR count). The van der Waals surface area contributed by atoms with Crippen LogP contribution in [0.25, 0.3) is 0 Å². The van der Waals surface area contributed by atoms with E-state index in [1.54, 1.807) is 0 Å². The zero-order chi connectivity index (χ0) is 15.8. The first-order valence-electron chi connectivity index (χ1n) is 8.83. The number of unbranched alkanes of at least 4 members (excludes halogenated alkanes) is 9. The Bertz CT molecular complexity index is 232. The lowest BCUT2D eigenvalue weighted by Crippen LogP contribution is -2.39. The minimum Gasteiger partial charge on any atom is -0.338 e. The summed E-state index contributed by atoms with van der Waals surface area (Å²) in [6.45, 7) is 4.64. The predicted octanol–water partition coefficient (Wildman–Crippen LogP) is 3.77. The van der Waals surface area contributed by atoms with E-state index < -0.39 is 0 Å². The number of carbonyl (C=O) groups is 1. The number of amides is 2. The Hall–Kier alpha value is -0.770. The van der Waals surface area contributed by atoms with Gasteiger partial charge in [-0.3, -0.25) is 0 Å². The van der Waals surface area contributed by atoms with Gasteiger partial charge in [0.05, 0.1) is 0 Å². The highest BCUT2D eigenvalue weighted by molar-refractivity contribution is 5.73. The molecule has 2 N–H and O–H groups in total. The van der Waals surface area contributed by atoms with Crippen LogP contribution >= 0.6 is 0 Å². The molecule has 0 aromatic carbocycles. The third-order valence-corrected chi connectivity index (χ3v) is 3.66. The molecule has 2 amide bonds. The summed E-state index contributed by atoms with van der Waals surface area (Å²) in [7, 11) is 4.01. The molecule has 0 saturated carbocycles. The summed E-state index contributed by atoms with van der Waals surface area (Å²) in [5.41, 5.74) is 0. The fourth-order valence-electron chi connectivity index (χ4n) is 2.27. The van der Waals surface area contributed by atoms with E-state index in [4.69, 9.17) is 0 Å². The van der Waals surface area contributed by atoms with Crippen LogP contribution in [0.2, 0.25) is 0 Å². The molecule has 0 spiro atoms. The highest BCUT2D eigenvalue weighted by atomic mass is 16.2. The van der Waals surface area contributed by atoms with Crippen LogP contribution in [-0.2, 0) is 0 Å². The second-order valence-electron chi connectivity index (χ2n) is 6.17. The van der Waals surface area contributed by atoms with E-state index in [2.05, 4.69) is 22.5 Å². The minimum absolute atomic E-state index is 0.0345. The second-order valence-corrected chi connectivity index (χ2v) is 6.17. The summed E-state index contributed by atoms with van der Waals surface area (Å²) in [6, 6.07) is -0.0345. The topological polar surface area (TPSA) is 44.4 Å². The van der Waals surface area contributed by atoms with E-state index in [0.29, 0.717) is 6.54 Å². The van der Waals surface area contributed by atoms with E-state index in [0.717, 1.165) is 19.5 Å². The average Bonchev–Trinajstić information content (AvgIpc) is 2.44. The average molecular weight is 300 g/mol. The van der Waals surface area contributed by atoms with Crippen LogP contribution < -0.4 is 10.6 Å². The Balaban J connectivity index is 3.12. The molecule has 0 atom stereocenters. The van der Waals surface area contributed by atoms with Gasteiger partial charge in [-0.15, -0.1) is 0 Å². The minimum atomic E-state index is -0.0345. The van der Waals surface area contributed by atoms with E-state index in [-0.39, 0.29) is 6.03 Å². The molecule has 0 aromatic rings. The Morgan fingerprint density at radius 3 is 1.76 bits per heavy atom. The summed E-state index contributed by atoms with van der Waals surface area (Å²) in [5.74, 6) is 0. The molecule has 0 heterocycles. The number of likely N-dealkylation sites (N-methyl/N-ethyl adjacent to an activating group) is 1. The highest BCUT2D eigenvalue weighted by Gasteiger charge is 1.99. The van der Waals surface area contributed by atoms with E-state index >= 15 is 0 Å². The van der Waals surface area contributed by atoms with Crippen molar-refractivity contribution < 1.29 is 4.79 Å². The van der Waals surface area contributed by atoms with Gasteiger partial charge in [-0.05, 0) is 20.5 Å². The van der Waals surface area contributed by atoms with Gasteiger partial charge in [-0.25, -0.2) is 4.79 Å². The first-order chi connectivity index (χ1) is 10.2. The number of nitrogens with one attached hydrogen (secondary N) is 2. The maximum absolute atomic E-state index is 11.4. The molecule has 0 aliphatic carbocycles. The lowest BCUT2D eigenvalue weighted by atomic mass is 10.1. The number of hydrogen-bond acceptors (Lipinski definition) is 2. The fourth-order valence-corrected chi connectivity index (χ4v) is 2.27. The third kappa shape index (κ3) is 17.2. The SMILES string of the molecule is CCCCCCCCCCCCNC(=O)NCCN(C)C. The van der Waals surface area contributed by atoms with Crippen molar-refractivity contribution in [2.45, 2.75) is 71.1 Å². The van der Waals surface area contributed by atoms with Crippen molar-refractivity contribution in [3.05, 3.63) is 0 Å². The van der Waals surface area contributed by atoms with Gasteiger partial charge < -0.3 is 15.5 Å². The zero-order valence-corrected chi connectivity index (χ0v) is 14.5. The van der Waals surface area contributed by atoms with Crippen molar-refractivity contribution >= 4 is 6.03 Å². The van der Waals surface area contributed by atoms with Crippen molar-refractivity contribution in [1.29, 1.82) is 0 Å². The molecule has 4 heteroatoms. The third-order valence-electron chi connectivity index (χ3n) is 3.66. The van der Waals surface area contributed by atoms with Gasteiger partial charge in [-0.2, -0.15) is 0 Å². The van der Waals surface area contributed by atoms with Crippen molar-refractivity contribution in [3.8, 4) is 0 Å². The van der Waals surface area contributed by atoms with Crippen LogP contribution in [-0.4, -0.2) is 44.7 Å². The molecule has 126 valence electrons. The number of nitrogens with zero attached hydrogens (tertiary/aromatic N) is 1. The van der Waals surface area contributed by atoms with Crippen LogP contribution in [0.4, 0.5) is 4.79 Å². The van der Waals surface area contributed by atoms with Gasteiger partial charge in [0.2, 0.25) is 0 Å². The van der Waals surface area contributed by atoms with E-state index in [1.807, 2.05) is 14.1 Å². The van der Waals surface area contributed by atoms with E-state index in [9.17, 15) is 4.79 Å². The van der Waals surface area contributed by atoms with E-state index in [1.165, 1.54) is 57.8 Å². The van der Waals surface area contributed by atoms with Crippen molar-refractivity contribution in [2.24, 2.45) is 0 Å². The van der Waals surface area contributed by atoms with Crippen LogP contribution in [0, 0.1) is 0 Å². The van der Waals surface area contributed by atoms with Gasteiger partial charge in [-0.1, -0.05) is 64.7 Å². The summed E-state index contributed by atoms with van der Waals surface area (Å²) in [5, 5.41) is 5.77. The summed E-state index contributed by atoms with van der Waals surface area (Å²) < 4.78 is 0. The Morgan fingerprint density at radius 2 is 1.24 bits per heavy atom. The Labute approximate surface area is 132 Å². The predicted molar refractivity (Wildman–Crippen MR) is 91.8 cm³/mol. The van der Waals surface area contributed by atoms with Crippen LogP contribution in [0.15, 0.2) is 0 Å². The smallest absolute Gasteiger partial charge is 0.314 e. The van der Waals surface area contributed by atoms with Gasteiger partial charge in [0.15, 0.2) is 0 Å². The molecule has 0 bridgehead atoms. The first kappa shape index (κ1) is 20.2. The van der Waals surface area contributed by atoms with Gasteiger partial charge in [0, 0.05) is 19.6 Å². The second kappa shape index (κ2) is 15.6. The summed E-state index contributed by atoms with van der Waals surface area (Å²) in [4.78, 5) is 13.5. The number of hydrogen-bond donors (Lipinski definition) is 2. The van der Waals surface area contributed by atoms with Gasteiger partial charge >= 0.3 is 6.03 Å².